The molecule has 2 aliphatic rings. The zero-order chi connectivity index (χ0) is 12.6. The van der Waals surface area contributed by atoms with Gasteiger partial charge < -0.3 is 10.6 Å². The molecule has 0 bridgehead atoms. The lowest BCUT2D eigenvalue weighted by molar-refractivity contribution is 0.0849. The van der Waals surface area contributed by atoms with Crippen LogP contribution in [0.4, 0.5) is 5.69 Å². The minimum absolute atomic E-state index is 0.0297. The minimum atomic E-state index is 0.0297. The van der Waals surface area contributed by atoms with Crippen molar-refractivity contribution in [3.63, 3.8) is 0 Å². The number of carbonyl (C=O) groups is 1. The zero-order valence-corrected chi connectivity index (χ0v) is 10.9. The minimum Gasteiger partial charge on any atom is -0.385 e. The van der Waals surface area contributed by atoms with Gasteiger partial charge in [0.2, 0.25) is 0 Å². The lowest BCUT2D eigenvalue weighted by atomic mass is 9.78. The summed E-state index contributed by atoms with van der Waals surface area (Å²) in [4.78, 5) is 12.4. The van der Waals surface area contributed by atoms with Crippen LogP contribution in [0.25, 0.3) is 0 Å². The summed E-state index contributed by atoms with van der Waals surface area (Å²) in [6.45, 7) is 3.15. The van der Waals surface area contributed by atoms with Crippen LogP contribution in [0.3, 0.4) is 0 Å². The second-order valence-electron chi connectivity index (χ2n) is 5.73. The Morgan fingerprint density at radius 1 is 1.33 bits per heavy atom. The van der Waals surface area contributed by atoms with Crippen molar-refractivity contribution >= 4 is 11.6 Å². The number of fused-ring (bicyclic) bond motifs is 1. The molecule has 1 amide bonds. The van der Waals surface area contributed by atoms with Gasteiger partial charge in [0.1, 0.15) is 0 Å². The second kappa shape index (κ2) is 4.30. The van der Waals surface area contributed by atoms with E-state index >= 15 is 0 Å². The monoisotopic (exact) mass is 244 g/mol. The Morgan fingerprint density at radius 2 is 2.17 bits per heavy atom. The van der Waals surface area contributed by atoms with Crippen molar-refractivity contribution in [2.24, 2.45) is 0 Å². The van der Waals surface area contributed by atoms with Crippen LogP contribution in [0.15, 0.2) is 18.2 Å². The largest absolute Gasteiger partial charge is 0.385 e. The van der Waals surface area contributed by atoms with Gasteiger partial charge in [-0.3, -0.25) is 4.79 Å². The number of benzene rings is 1. The number of carbonyl (C=O) groups excluding carboxylic acids is 1. The molecule has 0 atom stereocenters. The Balaban J connectivity index is 1.85. The molecule has 0 aromatic heterocycles. The van der Waals surface area contributed by atoms with Crippen LogP contribution < -0.4 is 10.6 Å². The van der Waals surface area contributed by atoms with Crippen molar-refractivity contribution in [3.8, 4) is 0 Å². The Morgan fingerprint density at radius 3 is 2.89 bits per heavy atom. The number of nitrogens with one attached hydrogen (secondary N) is 2. The first-order chi connectivity index (χ1) is 8.68. The molecule has 96 valence electrons. The Bertz CT molecular complexity index is 477. The molecule has 1 aliphatic carbocycles. The van der Waals surface area contributed by atoms with Crippen LogP contribution >= 0.6 is 0 Å². The van der Waals surface area contributed by atoms with Crippen molar-refractivity contribution in [2.45, 2.75) is 44.6 Å². The van der Waals surface area contributed by atoms with E-state index < -0.39 is 0 Å². The molecule has 1 saturated carbocycles. The van der Waals surface area contributed by atoms with E-state index in [1.165, 1.54) is 12.0 Å². The van der Waals surface area contributed by atoms with Gasteiger partial charge in [0.15, 0.2) is 0 Å². The standard InChI is InChI=1S/C15H20N2O/c1-15(8-4-9-15)17-14(18)12-5-2-7-13-11(12)6-3-10-16-13/h2,5,7,16H,3-4,6,8-10H2,1H3,(H,17,18). The Kier molecular flexibility index (Phi) is 2.77. The molecule has 1 aliphatic heterocycles. The van der Waals surface area contributed by atoms with Crippen LogP contribution in [-0.4, -0.2) is 18.0 Å². The third-order valence-electron chi connectivity index (χ3n) is 4.21. The molecular weight excluding hydrogens is 224 g/mol. The maximum Gasteiger partial charge on any atom is 0.252 e. The van der Waals surface area contributed by atoms with Crippen molar-refractivity contribution in [2.75, 3.05) is 11.9 Å². The maximum atomic E-state index is 12.4. The fraction of sp³-hybridized carbons (Fsp3) is 0.533. The highest BCUT2D eigenvalue weighted by Crippen LogP contribution is 2.32. The third-order valence-corrected chi connectivity index (χ3v) is 4.21. The molecule has 2 N–H and O–H groups in total. The quantitative estimate of drug-likeness (QED) is 0.840. The van der Waals surface area contributed by atoms with Crippen molar-refractivity contribution in [1.29, 1.82) is 0 Å². The SMILES string of the molecule is CC1(NC(=O)c2cccc3c2CCCN3)CCC1. The third kappa shape index (κ3) is 1.98. The molecule has 3 rings (SSSR count). The van der Waals surface area contributed by atoms with Gasteiger partial charge in [0, 0.05) is 23.3 Å². The van der Waals surface area contributed by atoms with Gasteiger partial charge in [-0.2, -0.15) is 0 Å². The zero-order valence-electron chi connectivity index (χ0n) is 10.9. The van der Waals surface area contributed by atoms with E-state index in [2.05, 4.69) is 23.6 Å². The van der Waals surface area contributed by atoms with Gasteiger partial charge in [-0.25, -0.2) is 0 Å². The van der Waals surface area contributed by atoms with E-state index in [4.69, 9.17) is 0 Å². The van der Waals surface area contributed by atoms with Gasteiger partial charge in [-0.05, 0) is 56.7 Å². The van der Waals surface area contributed by atoms with Gasteiger partial charge in [-0.15, -0.1) is 0 Å². The Labute approximate surface area is 108 Å². The summed E-state index contributed by atoms with van der Waals surface area (Å²) >= 11 is 0. The van der Waals surface area contributed by atoms with Gasteiger partial charge in [0.05, 0.1) is 0 Å². The number of anilines is 1. The Hall–Kier alpha value is -1.51. The van der Waals surface area contributed by atoms with Crippen molar-refractivity contribution in [3.05, 3.63) is 29.3 Å². The van der Waals surface area contributed by atoms with Crippen LogP contribution in [0, 0.1) is 0 Å². The summed E-state index contributed by atoms with van der Waals surface area (Å²) < 4.78 is 0. The molecule has 1 fully saturated rings. The first-order valence-corrected chi connectivity index (χ1v) is 6.86. The van der Waals surface area contributed by atoms with E-state index in [-0.39, 0.29) is 11.4 Å². The highest BCUT2D eigenvalue weighted by Gasteiger charge is 2.34. The lowest BCUT2D eigenvalue weighted by Crippen LogP contribution is -2.51. The topological polar surface area (TPSA) is 41.1 Å². The summed E-state index contributed by atoms with van der Waals surface area (Å²) in [7, 11) is 0. The van der Waals surface area contributed by atoms with E-state index in [0.29, 0.717) is 0 Å². The molecule has 0 unspecified atom stereocenters. The average molecular weight is 244 g/mol. The number of amides is 1. The number of hydrogen-bond donors (Lipinski definition) is 2. The molecule has 0 spiro atoms. The van der Waals surface area contributed by atoms with E-state index in [1.807, 2.05) is 12.1 Å². The van der Waals surface area contributed by atoms with Crippen LogP contribution in [0.2, 0.25) is 0 Å². The summed E-state index contributed by atoms with van der Waals surface area (Å²) in [6, 6.07) is 5.98. The molecule has 1 aromatic carbocycles. The molecule has 0 saturated heterocycles. The van der Waals surface area contributed by atoms with Crippen LogP contribution in [0.1, 0.15) is 48.5 Å². The summed E-state index contributed by atoms with van der Waals surface area (Å²) in [5.74, 6) is 0.0951. The second-order valence-corrected chi connectivity index (χ2v) is 5.73. The highest BCUT2D eigenvalue weighted by molar-refractivity contribution is 5.97. The van der Waals surface area contributed by atoms with Gasteiger partial charge in [0.25, 0.3) is 5.91 Å². The fourth-order valence-electron chi connectivity index (χ4n) is 2.90. The highest BCUT2D eigenvalue weighted by atomic mass is 16.1. The van der Waals surface area contributed by atoms with Gasteiger partial charge >= 0.3 is 0 Å². The summed E-state index contributed by atoms with van der Waals surface area (Å²) in [5.41, 5.74) is 3.20. The van der Waals surface area contributed by atoms with Gasteiger partial charge in [-0.1, -0.05) is 6.07 Å². The molecule has 0 radical (unpaired) electrons. The lowest BCUT2D eigenvalue weighted by Gasteiger charge is -2.39. The van der Waals surface area contributed by atoms with E-state index in [1.54, 1.807) is 0 Å². The molecule has 3 heteroatoms. The number of hydrogen-bond acceptors (Lipinski definition) is 2. The van der Waals surface area contributed by atoms with Crippen molar-refractivity contribution < 1.29 is 4.79 Å². The predicted octanol–water partition coefficient (Wildman–Crippen LogP) is 2.72. The smallest absolute Gasteiger partial charge is 0.252 e. The maximum absolute atomic E-state index is 12.4. The molecule has 1 heterocycles. The normalized spacial score (nSPS) is 20.3. The molecule has 3 nitrogen and oxygen atoms in total. The summed E-state index contributed by atoms with van der Waals surface area (Å²) in [5, 5.41) is 6.56. The first-order valence-electron chi connectivity index (χ1n) is 6.86. The van der Waals surface area contributed by atoms with Crippen LogP contribution in [-0.2, 0) is 6.42 Å². The fourth-order valence-corrected chi connectivity index (χ4v) is 2.90. The molecule has 1 aromatic rings. The van der Waals surface area contributed by atoms with Crippen molar-refractivity contribution in [1.82, 2.24) is 5.32 Å². The van der Waals surface area contributed by atoms with E-state index in [9.17, 15) is 4.79 Å². The number of rotatable bonds is 2. The van der Waals surface area contributed by atoms with E-state index in [0.717, 1.165) is 43.5 Å². The first kappa shape index (κ1) is 11.6. The van der Waals surface area contributed by atoms with Crippen LogP contribution in [0.5, 0.6) is 0 Å². The molecular formula is C15H20N2O. The average Bonchev–Trinajstić information content (AvgIpc) is 2.36. The summed E-state index contributed by atoms with van der Waals surface area (Å²) in [6.07, 6.45) is 5.54. The predicted molar refractivity (Wildman–Crippen MR) is 73.0 cm³/mol. The molecule has 18 heavy (non-hydrogen) atoms.